The van der Waals surface area contributed by atoms with Crippen molar-refractivity contribution in [1.29, 1.82) is 0 Å². The van der Waals surface area contributed by atoms with Gasteiger partial charge < -0.3 is 24.6 Å². The number of nitrogens with zero attached hydrogens (tertiary/aromatic N) is 1. The quantitative estimate of drug-likeness (QED) is 0.330. The third-order valence-corrected chi connectivity index (χ3v) is 5.07. The van der Waals surface area contributed by atoms with Gasteiger partial charge in [0.15, 0.2) is 6.29 Å². The van der Waals surface area contributed by atoms with E-state index in [9.17, 15) is 14.7 Å². The smallest absolute Gasteiger partial charge is 0.408 e. The number of alkyl carbamates (subject to hydrolysis) is 1. The molecular weight excluding hydrogens is 438 g/mol. The van der Waals surface area contributed by atoms with E-state index < -0.39 is 24.4 Å². The lowest BCUT2D eigenvalue weighted by Crippen LogP contribution is -2.43. The number of hydrogen-bond acceptors (Lipinski definition) is 7. The van der Waals surface area contributed by atoms with Crippen molar-refractivity contribution in [2.75, 3.05) is 7.11 Å². The zero-order valence-corrected chi connectivity index (χ0v) is 18.4. The minimum absolute atomic E-state index is 0.0482. The molecular formula is C22H24ClN3O6. The van der Waals surface area contributed by atoms with Gasteiger partial charge in [-0.05, 0) is 29.7 Å². The third kappa shape index (κ3) is 5.97. The fourth-order valence-electron chi connectivity index (χ4n) is 3.20. The highest BCUT2D eigenvalue weighted by Gasteiger charge is 2.25. The number of methoxy groups -OCH3 is 1. The third-order valence-electron chi connectivity index (χ3n) is 4.78. The number of carbonyl (C=O) groups excluding carboxylic acids is 2. The summed E-state index contributed by atoms with van der Waals surface area (Å²) in [5.74, 6) is -0.646. The summed E-state index contributed by atoms with van der Waals surface area (Å²) in [5, 5.41) is 20.0. The lowest BCUT2D eigenvalue weighted by atomic mass is 9.97. The monoisotopic (exact) mass is 461 g/mol. The van der Waals surface area contributed by atoms with Crippen LogP contribution in [0, 0.1) is 0 Å². The van der Waals surface area contributed by atoms with E-state index in [2.05, 4.69) is 15.5 Å². The number of amides is 1. The molecule has 3 aromatic rings. The molecule has 1 unspecified atom stereocenters. The Balaban J connectivity index is 1.80. The summed E-state index contributed by atoms with van der Waals surface area (Å²) < 4.78 is 15.4. The van der Waals surface area contributed by atoms with Gasteiger partial charge in [-0.2, -0.15) is 5.10 Å². The van der Waals surface area contributed by atoms with Gasteiger partial charge in [-0.25, -0.2) is 9.59 Å². The largest absolute Gasteiger partial charge is 0.467 e. The Kier molecular flexibility index (Phi) is 8.04. The molecule has 0 aliphatic carbocycles. The molecule has 170 valence electrons. The predicted octanol–water partition coefficient (Wildman–Crippen LogP) is 3.08. The number of ether oxygens (including phenoxy) is 3. The first kappa shape index (κ1) is 23.5. The Bertz CT molecular complexity index is 1070. The number of halogens is 1. The van der Waals surface area contributed by atoms with E-state index in [-0.39, 0.29) is 19.6 Å². The van der Waals surface area contributed by atoms with Crippen LogP contribution in [0.5, 0.6) is 0 Å². The molecule has 1 aromatic heterocycles. The van der Waals surface area contributed by atoms with E-state index in [0.29, 0.717) is 27.1 Å². The zero-order chi connectivity index (χ0) is 23.1. The van der Waals surface area contributed by atoms with Crippen LogP contribution in [0.1, 0.15) is 23.6 Å². The van der Waals surface area contributed by atoms with Gasteiger partial charge >= 0.3 is 12.1 Å². The highest BCUT2D eigenvalue weighted by Crippen LogP contribution is 2.30. The standard InChI is InChI=1S/C22H24ClN3O6/c1-13(27)31-12-17-15(8-18(23)20-16(17)10-24-26-20)9-19(21(28)30-2)25-22(29)32-11-14-6-4-3-5-7-14/h3-8,10,13,19,27H,9,11-12H2,1-2H3,(H,24,26)(H,25,29)/t13?,19-/m1/s1. The zero-order valence-electron chi connectivity index (χ0n) is 17.6. The topological polar surface area (TPSA) is 123 Å². The SMILES string of the molecule is COC(=O)[C@@H](Cc1cc(Cl)c2[nH]ncc2c1COC(C)O)NC(=O)OCc1ccccc1. The van der Waals surface area contributed by atoms with Crippen molar-refractivity contribution in [3.05, 3.63) is 64.3 Å². The number of rotatable bonds is 9. The average molecular weight is 462 g/mol. The van der Waals surface area contributed by atoms with E-state index in [4.69, 9.17) is 25.8 Å². The van der Waals surface area contributed by atoms with Gasteiger partial charge in [0.1, 0.15) is 12.6 Å². The number of aliphatic hydroxyl groups excluding tert-OH is 1. The summed E-state index contributed by atoms with van der Waals surface area (Å²) in [6.45, 7) is 1.59. The minimum atomic E-state index is -1.03. The molecule has 3 N–H and O–H groups in total. The molecule has 0 bridgehead atoms. The molecule has 0 saturated carbocycles. The van der Waals surface area contributed by atoms with Crippen molar-refractivity contribution in [2.24, 2.45) is 0 Å². The van der Waals surface area contributed by atoms with Crippen LogP contribution in [0.3, 0.4) is 0 Å². The number of nitrogens with one attached hydrogen (secondary N) is 2. The molecule has 1 amide bonds. The van der Waals surface area contributed by atoms with Gasteiger partial charge in [-0.1, -0.05) is 41.9 Å². The normalized spacial score (nSPS) is 12.9. The van der Waals surface area contributed by atoms with Crippen molar-refractivity contribution < 1.29 is 28.9 Å². The summed E-state index contributed by atoms with van der Waals surface area (Å²) in [6, 6.07) is 9.80. The lowest BCUT2D eigenvalue weighted by molar-refractivity contribution is -0.143. The fraction of sp³-hybridized carbons (Fsp3) is 0.318. The molecule has 0 saturated heterocycles. The highest BCUT2D eigenvalue weighted by atomic mass is 35.5. The number of aromatic nitrogens is 2. The number of hydrogen-bond donors (Lipinski definition) is 3. The number of esters is 1. The molecule has 1 heterocycles. The number of carbonyl (C=O) groups is 2. The summed E-state index contributed by atoms with van der Waals surface area (Å²) in [7, 11) is 1.23. The first-order valence-corrected chi connectivity index (χ1v) is 10.2. The minimum Gasteiger partial charge on any atom is -0.467 e. The van der Waals surface area contributed by atoms with Gasteiger partial charge in [-0.3, -0.25) is 5.10 Å². The van der Waals surface area contributed by atoms with E-state index in [1.54, 1.807) is 12.3 Å². The summed E-state index contributed by atoms with van der Waals surface area (Å²) in [6.07, 6.45) is -0.114. The number of aromatic amines is 1. The second-order valence-electron chi connectivity index (χ2n) is 7.05. The number of benzene rings is 2. The summed E-state index contributed by atoms with van der Waals surface area (Å²) in [5.41, 5.74) is 2.71. The van der Waals surface area contributed by atoms with Crippen LogP contribution in [0.25, 0.3) is 10.9 Å². The molecule has 0 radical (unpaired) electrons. The molecule has 0 aliphatic heterocycles. The van der Waals surface area contributed by atoms with Crippen LogP contribution in [0.15, 0.2) is 42.6 Å². The van der Waals surface area contributed by atoms with Crippen LogP contribution >= 0.6 is 11.6 Å². The molecule has 9 nitrogen and oxygen atoms in total. The van der Waals surface area contributed by atoms with Crippen molar-refractivity contribution in [3.8, 4) is 0 Å². The van der Waals surface area contributed by atoms with Crippen molar-refractivity contribution in [3.63, 3.8) is 0 Å². The Hall–Kier alpha value is -3.14. The molecule has 0 aliphatic rings. The first-order valence-electron chi connectivity index (χ1n) is 9.87. The maximum atomic E-state index is 12.4. The second kappa shape index (κ2) is 10.9. The maximum Gasteiger partial charge on any atom is 0.408 e. The number of H-pyrrole nitrogens is 1. The Morgan fingerprint density at radius 3 is 2.69 bits per heavy atom. The van der Waals surface area contributed by atoms with Crippen LogP contribution in [0.2, 0.25) is 5.02 Å². The highest BCUT2D eigenvalue weighted by molar-refractivity contribution is 6.35. The Labute approximate surface area is 189 Å². The summed E-state index contributed by atoms with van der Waals surface area (Å²) in [4.78, 5) is 24.7. The van der Waals surface area contributed by atoms with Gasteiger partial charge in [0, 0.05) is 11.8 Å². The second-order valence-corrected chi connectivity index (χ2v) is 7.46. The number of aliphatic hydroxyl groups is 1. The van der Waals surface area contributed by atoms with Gasteiger partial charge in [0.2, 0.25) is 0 Å². The molecule has 2 atom stereocenters. The molecule has 10 heteroatoms. The van der Waals surface area contributed by atoms with Crippen LogP contribution in [-0.2, 0) is 38.6 Å². The maximum absolute atomic E-state index is 12.4. The van der Waals surface area contributed by atoms with Crippen molar-refractivity contribution in [1.82, 2.24) is 15.5 Å². The molecule has 2 aromatic carbocycles. The van der Waals surface area contributed by atoms with Gasteiger partial charge in [-0.15, -0.1) is 0 Å². The van der Waals surface area contributed by atoms with Crippen LogP contribution in [0.4, 0.5) is 4.79 Å². The number of fused-ring (bicyclic) bond motifs is 1. The van der Waals surface area contributed by atoms with Crippen molar-refractivity contribution >= 4 is 34.6 Å². The van der Waals surface area contributed by atoms with Crippen LogP contribution < -0.4 is 5.32 Å². The van der Waals surface area contributed by atoms with E-state index in [0.717, 1.165) is 5.56 Å². The Morgan fingerprint density at radius 2 is 2.00 bits per heavy atom. The fourth-order valence-corrected chi connectivity index (χ4v) is 3.48. The van der Waals surface area contributed by atoms with Gasteiger partial charge in [0.05, 0.1) is 30.5 Å². The molecule has 3 rings (SSSR count). The van der Waals surface area contributed by atoms with Gasteiger partial charge in [0.25, 0.3) is 0 Å². The predicted molar refractivity (Wildman–Crippen MR) is 117 cm³/mol. The van der Waals surface area contributed by atoms with E-state index in [1.807, 2.05) is 30.3 Å². The first-order chi connectivity index (χ1) is 15.4. The van der Waals surface area contributed by atoms with E-state index >= 15 is 0 Å². The van der Waals surface area contributed by atoms with E-state index in [1.165, 1.54) is 14.0 Å². The molecule has 32 heavy (non-hydrogen) atoms. The lowest BCUT2D eigenvalue weighted by Gasteiger charge is -2.19. The van der Waals surface area contributed by atoms with Crippen molar-refractivity contribution in [2.45, 2.75) is 38.9 Å². The Morgan fingerprint density at radius 1 is 1.25 bits per heavy atom. The van der Waals surface area contributed by atoms with Crippen LogP contribution in [-0.4, -0.2) is 46.8 Å². The molecule has 0 spiro atoms. The average Bonchev–Trinajstić information content (AvgIpc) is 3.27. The molecule has 0 fully saturated rings. The summed E-state index contributed by atoms with van der Waals surface area (Å²) >= 11 is 6.37.